The second-order valence-corrected chi connectivity index (χ2v) is 11.7. The molecule has 2 amide bonds. The number of carbonyl (C=O) groups is 2. The average molecular weight is 593 g/mol. The van der Waals surface area contributed by atoms with Crippen LogP contribution < -0.4 is 14.5 Å². The maximum absolute atomic E-state index is 14.1. The van der Waals surface area contributed by atoms with Crippen LogP contribution in [0.5, 0.6) is 11.5 Å². The highest BCUT2D eigenvalue weighted by atomic mass is 16.5. The van der Waals surface area contributed by atoms with Crippen LogP contribution in [0.2, 0.25) is 0 Å². The van der Waals surface area contributed by atoms with Crippen molar-refractivity contribution in [3.05, 3.63) is 113 Å². The highest BCUT2D eigenvalue weighted by Gasteiger charge is 2.52. The molecule has 3 aromatic carbocycles. The molecule has 2 atom stereocenters. The highest BCUT2D eigenvalue weighted by Crippen LogP contribution is 2.49. The van der Waals surface area contributed by atoms with Crippen molar-refractivity contribution in [1.82, 2.24) is 0 Å². The fourth-order valence-corrected chi connectivity index (χ4v) is 5.77. The van der Waals surface area contributed by atoms with Gasteiger partial charge in [-0.05, 0) is 82.5 Å². The Morgan fingerprint density at radius 3 is 2.41 bits per heavy atom. The molecular weight excluding hydrogens is 552 g/mol. The van der Waals surface area contributed by atoms with Gasteiger partial charge in [0.15, 0.2) is 11.4 Å². The van der Waals surface area contributed by atoms with Crippen molar-refractivity contribution in [2.24, 2.45) is 5.92 Å². The molecule has 0 spiro atoms. The van der Waals surface area contributed by atoms with Crippen molar-refractivity contribution in [2.45, 2.75) is 52.6 Å². The molecule has 2 aliphatic heterocycles. The number of para-hydroxylation sites is 3. The minimum absolute atomic E-state index is 0.0285. The monoisotopic (exact) mass is 592 g/mol. The van der Waals surface area contributed by atoms with Gasteiger partial charge in [0.25, 0.3) is 11.8 Å². The molecular formula is C37H40N2O5. The lowest BCUT2D eigenvalue weighted by Gasteiger charge is -2.28. The van der Waals surface area contributed by atoms with Crippen LogP contribution in [0.4, 0.5) is 17.1 Å². The number of rotatable bonds is 10. The predicted octanol–water partition coefficient (Wildman–Crippen LogP) is 7.57. The number of fused-ring (bicyclic) bond motifs is 3. The largest absolute Gasteiger partial charge is 0.454 e. The third-order valence-corrected chi connectivity index (χ3v) is 8.25. The number of aliphatic hydroxyl groups is 2. The molecule has 228 valence electrons. The Bertz CT molecular complexity index is 1650. The first-order chi connectivity index (χ1) is 21.2. The second-order valence-electron chi connectivity index (χ2n) is 11.7. The minimum Gasteiger partial charge on any atom is -0.454 e. The van der Waals surface area contributed by atoms with E-state index in [0.717, 1.165) is 18.4 Å². The summed E-state index contributed by atoms with van der Waals surface area (Å²) in [4.78, 5) is 31.4. The van der Waals surface area contributed by atoms with Crippen LogP contribution in [0, 0.1) is 5.92 Å². The van der Waals surface area contributed by atoms with Crippen molar-refractivity contribution < 1.29 is 24.5 Å². The Labute approximate surface area is 259 Å². The molecule has 0 aliphatic carbocycles. The molecule has 0 unspecified atom stereocenters. The molecule has 7 nitrogen and oxygen atoms in total. The lowest BCUT2D eigenvalue weighted by molar-refractivity contribution is -0.139. The summed E-state index contributed by atoms with van der Waals surface area (Å²) in [5, 5.41) is 21.6. The summed E-state index contributed by atoms with van der Waals surface area (Å²) in [5.74, 6) is -0.315. The molecule has 0 saturated carbocycles. The van der Waals surface area contributed by atoms with E-state index in [0.29, 0.717) is 52.7 Å². The van der Waals surface area contributed by atoms with E-state index >= 15 is 0 Å². The molecule has 0 fully saturated rings. The SMILES string of the molecule is CC(C)=CCC/C(C)=C/CN1C(=O)[C@](O)([C@H](C)/C=C/CCO)c2cc(N3C(=O)c4ccccc4Oc4ccccc43)ccc21. The summed E-state index contributed by atoms with van der Waals surface area (Å²) in [6.07, 6.45) is 9.99. The topological polar surface area (TPSA) is 90.3 Å². The van der Waals surface area contributed by atoms with Gasteiger partial charge in [-0.3, -0.25) is 14.5 Å². The van der Waals surface area contributed by atoms with Gasteiger partial charge in [-0.25, -0.2) is 0 Å². The molecule has 2 N–H and O–H groups in total. The molecule has 2 aliphatic rings. The number of aliphatic hydroxyl groups excluding tert-OH is 1. The maximum atomic E-state index is 14.1. The molecule has 3 aromatic rings. The minimum atomic E-state index is -1.87. The van der Waals surface area contributed by atoms with Crippen molar-refractivity contribution in [1.29, 1.82) is 0 Å². The standard InChI is InChI=1S/C37H40N2O5/c1-25(2)12-11-13-26(3)21-22-38-31-20-19-28(24-30(31)37(43,36(38)42)27(4)14-9-10-23-40)39-32-16-6-8-18-34(32)44-33-17-7-5-15-29(33)35(39)41/h5-9,12,14-21,24,27,40,43H,10-11,13,22-23H2,1-4H3/b14-9+,26-21+/t27-,37+/m1/s1. The van der Waals surface area contributed by atoms with Crippen molar-refractivity contribution >= 4 is 28.9 Å². The van der Waals surface area contributed by atoms with Crippen molar-refractivity contribution in [2.75, 3.05) is 23.0 Å². The summed E-state index contributed by atoms with van der Waals surface area (Å²) in [7, 11) is 0. The van der Waals surface area contributed by atoms with Gasteiger partial charge in [-0.15, -0.1) is 0 Å². The van der Waals surface area contributed by atoms with E-state index in [1.807, 2.05) is 48.5 Å². The summed E-state index contributed by atoms with van der Waals surface area (Å²) < 4.78 is 6.17. The molecule has 0 saturated heterocycles. The molecule has 5 rings (SSSR count). The lowest BCUT2D eigenvalue weighted by atomic mass is 9.82. The number of ether oxygens (including phenoxy) is 1. The zero-order valence-electron chi connectivity index (χ0n) is 25.8. The Balaban J connectivity index is 1.60. The number of allylic oxidation sites excluding steroid dienone is 3. The first-order valence-electron chi connectivity index (χ1n) is 15.1. The number of benzene rings is 3. The Morgan fingerprint density at radius 2 is 1.66 bits per heavy atom. The smallest absolute Gasteiger partial charge is 0.266 e. The third kappa shape index (κ3) is 5.85. The van der Waals surface area contributed by atoms with E-state index in [-0.39, 0.29) is 12.5 Å². The molecule has 7 heteroatoms. The van der Waals surface area contributed by atoms with E-state index < -0.39 is 17.4 Å². The summed E-state index contributed by atoms with van der Waals surface area (Å²) in [6, 6.07) is 19.8. The number of carbonyl (C=O) groups excluding carboxylic acids is 2. The van der Waals surface area contributed by atoms with E-state index in [9.17, 15) is 19.8 Å². The Kier molecular flexibility index (Phi) is 9.18. The summed E-state index contributed by atoms with van der Waals surface area (Å²) in [6.45, 7) is 8.29. The molecule has 0 radical (unpaired) electrons. The van der Waals surface area contributed by atoms with Gasteiger partial charge in [0.05, 0.1) is 16.9 Å². The van der Waals surface area contributed by atoms with Crippen LogP contribution in [0.3, 0.4) is 0 Å². The van der Waals surface area contributed by atoms with Crippen LogP contribution >= 0.6 is 0 Å². The Morgan fingerprint density at radius 1 is 0.932 bits per heavy atom. The number of amides is 2. The van der Waals surface area contributed by atoms with E-state index in [2.05, 4.69) is 26.8 Å². The van der Waals surface area contributed by atoms with Gasteiger partial charge in [-0.1, -0.05) is 66.6 Å². The predicted molar refractivity (Wildman–Crippen MR) is 175 cm³/mol. The van der Waals surface area contributed by atoms with Gasteiger partial charge >= 0.3 is 0 Å². The number of nitrogens with zero attached hydrogens (tertiary/aromatic N) is 2. The molecule has 0 aromatic heterocycles. The second kappa shape index (κ2) is 13.0. The fourth-order valence-electron chi connectivity index (χ4n) is 5.77. The van der Waals surface area contributed by atoms with Crippen LogP contribution in [-0.4, -0.2) is 35.2 Å². The normalized spacial score (nSPS) is 18.5. The first kappa shape index (κ1) is 31.0. The summed E-state index contributed by atoms with van der Waals surface area (Å²) in [5.41, 5.74) is 3.06. The van der Waals surface area contributed by atoms with Crippen molar-refractivity contribution in [3.63, 3.8) is 0 Å². The van der Waals surface area contributed by atoms with Gasteiger partial charge in [-0.2, -0.15) is 0 Å². The fraction of sp³-hybridized carbons (Fsp3) is 0.297. The first-order valence-corrected chi connectivity index (χ1v) is 15.1. The van der Waals surface area contributed by atoms with Gasteiger partial charge in [0, 0.05) is 30.3 Å². The van der Waals surface area contributed by atoms with Crippen molar-refractivity contribution in [3.8, 4) is 11.5 Å². The zero-order chi connectivity index (χ0) is 31.4. The van der Waals surface area contributed by atoms with E-state index in [4.69, 9.17) is 4.74 Å². The maximum Gasteiger partial charge on any atom is 0.266 e. The zero-order valence-corrected chi connectivity index (χ0v) is 25.8. The summed E-state index contributed by atoms with van der Waals surface area (Å²) >= 11 is 0. The van der Waals surface area contributed by atoms with Crippen LogP contribution in [-0.2, 0) is 10.4 Å². The van der Waals surface area contributed by atoms with Gasteiger partial charge in [0.1, 0.15) is 5.75 Å². The van der Waals surface area contributed by atoms with Crippen LogP contribution in [0.15, 0.2) is 102 Å². The number of anilines is 3. The average Bonchev–Trinajstić information content (AvgIpc) is 3.14. The molecule has 44 heavy (non-hydrogen) atoms. The molecule has 2 heterocycles. The van der Waals surface area contributed by atoms with Gasteiger partial charge < -0.3 is 19.8 Å². The van der Waals surface area contributed by atoms with Crippen LogP contribution in [0.25, 0.3) is 0 Å². The van der Waals surface area contributed by atoms with Gasteiger partial charge in [0.2, 0.25) is 0 Å². The third-order valence-electron chi connectivity index (χ3n) is 8.25. The molecule has 0 bridgehead atoms. The number of hydrogen-bond donors (Lipinski definition) is 2. The quantitative estimate of drug-likeness (QED) is 0.237. The van der Waals surface area contributed by atoms with E-state index in [1.165, 1.54) is 5.57 Å². The Hall–Kier alpha value is -4.46. The van der Waals surface area contributed by atoms with E-state index in [1.54, 1.807) is 53.1 Å². The van der Waals surface area contributed by atoms with Crippen LogP contribution in [0.1, 0.15) is 62.9 Å². The lowest BCUT2D eigenvalue weighted by Crippen LogP contribution is -2.44. The number of hydrogen-bond acceptors (Lipinski definition) is 5. The highest BCUT2D eigenvalue weighted by molar-refractivity contribution is 6.15.